The van der Waals surface area contributed by atoms with Gasteiger partial charge in [-0.1, -0.05) is 13.8 Å². The zero-order valence-corrected chi connectivity index (χ0v) is 12.6. The molecule has 1 N–H and O–H groups in total. The zero-order valence-electron chi connectivity index (χ0n) is 12.6. The van der Waals surface area contributed by atoms with Crippen LogP contribution in [0.25, 0.3) is 0 Å². The molecule has 0 saturated heterocycles. The van der Waals surface area contributed by atoms with Crippen molar-refractivity contribution in [1.82, 2.24) is 15.1 Å². The van der Waals surface area contributed by atoms with Crippen molar-refractivity contribution in [2.24, 2.45) is 0 Å². The van der Waals surface area contributed by atoms with Gasteiger partial charge >= 0.3 is 5.97 Å². The van der Waals surface area contributed by atoms with Gasteiger partial charge in [-0.15, -0.1) is 5.10 Å². The van der Waals surface area contributed by atoms with Gasteiger partial charge in [0.15, 0.2) is 0 Å². The van der Waals surface area contributed by atoms with Gasteiger partial charge in [0.2, 0.25) is 5.88 Å². The summed E-state index contributed by atoms with van der Waals surface area (Å²) in [5.41, 5.74) is 1.60. The highest BCUT2D eigenvalue weighted by molar-refractivity contribution is 5.92. The third-order valence-corrected chi connectivity index (χ3v) is 3.02. The Morgan fingerprint density at radius 1 is 1.25 bits per heavy atom. The van der Waals surface area contributed by atoms with Crippen LogP contribution in [0.5, 0.6) is 5.88 Å². The van der Waals surface area contributed by atoms with E-state index in [1.165, 1.54) is 0 Å². The summed E-state index contributed by atoms with van der Waals surface area (Å²) in [6.45, 7) is 5.16. The molecule has 0 unspecified atom stereocenters. The quantitative estimate of drug-likeness (QED) is 0.730. The van der Waals surface area contributed by atoms with E-state index < -0.39 is 5.97 Å². The van der Waals surface area contributed by atoms with Crippen molar-refractivity contribution in [2.75, 3.05) is 27.2 Å². The van der Waals surface area contributed by atoms with E-state index in [4.69, 9.17) is 4.74 Å². The van der Waals surface area contributed by atoms with E-state index in [1.54, 1.807) is 0 Å². The summed E-state index contributed by atoms with van der Waals surface area (Å²) < 4.78 is 5.51. The zero-order chi connectivity index (χ0) is 15.1. The number of rotatable bonds is 8. The van der Waals surface area contributed by atoms with Crippen LogP contribution in [0.4, 0.5) is 0 Å². The second kappa shape index (κ2) is 7.79. The Morgan fingerprint density at radius 2 is 1.95 bits per heavy atom. The Morgan fingerprint density at radius 3 is 2.45 bits per heavy atom. The second-order valence-electron chi connectivity index (χ2n) is 4.82. The molecule has 0 saturated carbocycles. The summed E-state index contributed by atoms with van der Waals surface area (Å²) in [5, 5.41) is 17.4. The molecule has 6 heteroatoms. The summed E-state index contributed by atoms with van der Waals surface area (Å²) in [6, 6.07) is 0. The first kappa shape index (κ1) is 16.4. The maximum Gasteiger partial charge on any atom is 0.341 e. The van der Waals surface area contributed by atoms with Gasteiger partial charge < -0.3 is 14.7 Å². The summed E-state index contributed by atoms with van der Waals surface area (Å²) in [5.74, 6) is -0.876. The summed E-state index contributed by atoms with van der Waals surface area (Å²) in [7, 11) is 3.96. The summed E-state index contributed by atoms with van der Waals surface area (Å²) in [6.07, 6.45) is 2.08. The van der Waals surface area contributed by atoms with E-state index in [1.807, 2.05) is 32.8 Å². The van der Waals surface area contributed by atoms with Crippen molar-refractivity contribution in [3.63, 3.8) is 0 Å². The summed E-state index contributed by atoms with van der Waals surface area (Å²) >= 11 is 0. The van der Waals surface area contributed by atoms with Crippen LogP contribution >= 0.6 is 0 Å². The van der Waals surface area contributed by atoms with Gasteiger partial charge in [-0.05, 0) is 38.9 Å². The lowest BCUT2D eigenvalue weighted by Gasteiger charge is -2.14. The third-order valence-electron chi connectivity index (χ3n) is 3.02. The molecule has 1 aromatic rings. The molecule has 112 valence electrons. The van der Waals surface area contributed by atoms with E-state index in [-0.39, 0.29) is 11.4 Å². The average molecular weight is 281 g/mol. The predicted octanol–water partition coefficient (Wildman–Crippen LogP) is 1.63. The van der Waals surface area contributed by atoms with E-state index in [9.17, 15) is 9.90 Å². The molecule has 0 aliphatic heterocycles. The van der Waals surface area contributed by atoms with Crippen molar-refractivity contribution in [1.29, 1.82) is 0 Å². The highest BCUT2D eigenvalue weighted by atomic mass is 16.5. The monoisotopic (exact) mass is 281 g/mol. The molecular formula is C14H23N3O3. The Bertz CT molecular complexity index is 461. The van der Waals surface area contributed by atoms with Crippen LogP contribution < -0.4 is 4.74 Å². The molecule has 0 aromatic carbocycles. The molecule has 0 amide bonds. The van der Waals surface area contributed by atoms with Crippen LogP contribution in [0.1, 0.15) is 41.9 Å². The van der Waals surface area contributed by atoms with Crippen molar-refractivity contribution < 1.29 is 14.6 Å². The van der Waals surface area contributed by atoms with Crippen molar-refractivity contribution >= 4 is 5.97 Å². The van der Waals surface area contributed by atoms with Gasteiger partial charge in [-0.3, -0.25) is 0 Å². The van der Waals surface area contributed by atoms with Gasteiger partial charge in [0, 0.05) is 6.54 Å². The van der Waals surface area contributed by atoms with Crippen molar-refractivity contribution in [3.05, 3.63) is 16.8 Å². The first-order valence-electron chi connectivity index (χ1n) is 6.90. The topological polar surface area (TPSA) is 75.6 Å². The van der Waals surface area contributed by atoms with E-state index in [0.717, 1.165) is 24.2 Å². The van der Waals surface area contributed by atoms with Crippen LogP contribution in [0.2, 0.25) is 0 Å². The van der Waals surface area contributed by atoms with Crippen molar-refractivity contribution in [2.45, 2.75) is 33.1 Å². The molecule has 0 bridgehead atoms. The number of hydrogen-bond acceptors (Lipinski definition) is 5. The van der Waals surface area contributed by atoms with Gasteiger partial charge in [-0.2, -0.15) is 5.10 Å². The largest absolute Gasteiger partial charge is 0.477 e. The van der Waals surface area contributed by atoms with Crippen LogP contribution in [-0.4, -0.2) is 53.4 Å². The van der Waals surface area contributed by atoms with Gasteiger partial charge in [0.25, 0.3) is 0 Å². The molecule has 0 radical (unpaired) electrons. The number of aryl methyl sites for hydroxylation is 1. The Labute approximate surface area is 119 Å². The number of nitrogens with zero attached hydrogens (tertiary/aromatic N) is 3. The fourth-order valence-electron chi connectivity index (χ4n) is 2.03. The maximum absolute atomic E-state index is 11.5. The SMILES string of the molecule is CCc1nnc(OCCCN(C)C)c(C(=O)O)c1CC. The van der Waals surface area contributed by atoms with Gasteiger partial charge in [-0.25, -0.2) is 4.79 Å². The van der Waals surface area contributed by atoms with E-state index in [0.29, 0.717) is 19.4 Å². The molecule has 1 rings (SSSR count). The van der Waals surface area contributed by atoms with E-state index >= 15 is 0 Å². The molecule has 0 spiro atoms. The minimum absolute atomic E-state index is 0.130. The minimum Gasteiger partial charge on any atom is -0.477 e. The van der Waals surface area contributed by atoms with Crippen LogP contribution in [0.15, 0.2) is 0 Å². The molecule has 0 aliphatic rings. The average Bonchev–Trinajstić information content (AvgIpc) is 2.41. The number of hydrogen-bond donors (Lipinski definition) is 1. The predicted molar refractivity (Wildman–Crippen MR) is 76.4 cm³/mol. The van der Waals surface area contributed by atoms with E-state index in [2.05, 4.69) is 10.2 Å². The Hall–Kier alpha value is -1.69. The first-order valence-corrected chi connectivity index (χ1v) is 6.90. The molecular weight excluding hydrogens is 258 g/mol. The lowest BCUT2D eigenvalue weighted by atomic mass is 10.0. The van der Waals surface area contributed by atoms with Gasteiger partial charge in [0.05, 0.1) is 12.3 Å². The first-order chi connectivity index (χ1) is 9.51. The lowest BCUT2D eigenvalue weighted by molar-refractivity contribution is 0.0689. The maximum atomic E-state index is 11.5. The fourth-order valence-corrected chi connectivity index (χ4v) is 2.03. The number of carboxylic acids is 1. The molecule has 1 aromatic heterocycles. The minimum atomic E-state index is -1.01. The Balaban J connectivity index is 2.92. The lowest BCUT2D eigenvalue weighted by Crippen LogP contribution is -2.17. The number of aromatic nitrogens is 2. The summed E-state index contributed by atoms with van der Waals surface area (Å²) in [4.78, 5) is 13.5. The smallest absolute Gasteiger partial charge is 0.341 e. The van der Waals surface area contributed by atoms with Crippen LogP contribution in [-0.2, 0) is 12.8 Å². The fraction of sp³-hybridized carbons (Fsp3) is 0.643. The molecule has 1 heterocycles. The number of carbonyl (C=O) groups is 1. The number of aromatic carboxylic acids is 1. The van der Waals surface area contributed by atoms with Gasteiger partial charge in [0.1, 0.15) is 5.56 Å². The highest BCUT2D eigenvalue weighted by Gasteiger charge is 2.21. The number of ether oxygens (including phenoxy) is 1. The molecule has 0 aliphatic carbocycles. The highest BCUT2D eigenvalue weighted by Crippen LogP contribution is 2.22. The molecule has 20 heavy (non-hydrogen) atoms. The van der Waals surface area contributed by atoms with Crippen molar-refractivity contribution in [3.8, 4) is 5.88 Å². The Kier molecular flexibility index (Phi) is 6.38. The van der Waals surface area contributed by atoms with Crippen LogP contribution in [0.3, 0.4) is 0 Å². The molecule has 0 atom stereocenters. The normalized spacial score (nSPS) is 10.8. The standard InChI is InChI=1S/C14H23N3O3/c1-5-10-11(6-2)15-16-13(12(10)14(18)19)20-9-7-8-17(3)4/h5-9H2,1-4H3,(H,18,19). The number of carboxylic acid groups (broad SMARTS) is 1. The second-order valence-corrected chi connectivity index (χ2v) is 4.82. The molecule has 6 nitrogen and oxygen atoms in total. The third kappa shape index (κ3) is 4.16. The van der Waals surface area contributed by atoms with Crippen LogP contribution in [0, 0.1) is 0 Å². The molecule has 0 fully saturated rings.